The van der Waals surface area contributed by atoms with Gasteiger partial charge >= 0.3 is 12.1 Å². The molecule has 2 aliphatic rings. The quantitative estimate of drug-likeness (QED) is 0.543. The molecule has 0 spiro atoms. The predicted octanol–water partition coefficient (Wildman–Crippen LogP) is 4.41. The summed E-state index contributed by atoms with van der Waals surface area (Å²) in [5.74, 6) is -0.759. The average Bonchev–Trinajstić information content (AvgIpc) is 3.12. The molecule has 1 atom stereocenters. The van der Waals surface area contributed by atoms with Crippen molar-refractivity contribution in [1.82, 2.24) is 10.2 Å². The van der Waals surface area contributed by atoms with Gasteiger partial charge in [0.15, 0.2) is 0 Å². The van der Waals surface area contributed by atoms with Crippen molar-refractivity contribution >= 4 is 18.0 Å². The van der Waals surface area contributed by atoms with Gasteiger partial charge in [-0.3, -0.25) is 9.59 Å². The summed E-state index contributed by atoms with van der Waals surface area (Å²) in [5, 5.41) is 11.6. The van der Waals surface area contributed by atoms with Crippen LogP contribution in [0.2, 0.25) is 0 Å². The minimum atomic E-state index is -0.817. The first-order chi connectivity index (χ1) is 16.5. The number of carbonyl (C=O) groups excluding carboxylic acids is 2. The SMILES string of the molecule is CCCC[C@H](NC(=O)OCC1c2ccccc2-c2ccccc21)C(=O)N1CC(CCC(=O)O)C1. The monoisotopic (exact) mass is 464 g/mol. The van der Waals surface area contributed by atoms with Crippen LogP contribution < -0.4 is 5.32 Å². The molecule has 1 aliphatic carbocycles. The summed E-state index contributed by atoms with van der Waals surface area (Å²) in [7, 11) is 0. The van der Waals surface area contributed by atoms with E-state index in [1.165, 1.54) is 11.1 Å². The first kappa shape index (κ1) is 23.8. The fourth-order valence-electron chi connectivity index (χ4n) is 4.93. The van der Waals surface area contributed by atoms with E-state index in [2.05, 4.69) is 29.6 Å². The van der Waals surface area contributed by atoms with Crippen LogP contribution in [0.15, 0.2) is 48.5 Å². The number of nitrogens with zero attached hydrogens (tertiary/aromatic N) is 1. The number of nitrogens with one attached hydrogen (secondary N) is 1. The molecule has 180 valence electrons. The number of hydrogen-bond donors (Lipinski definition) is 2. The highest BCUT2D eigenvalue weighted by molar-refractivity contribution is 5.86. The Labute approximate surface area is 200 Å². The van der Waals surface area contributed by atoms with Gasteiger partial charge in [0, 0.05) is 25.4 Å². The molecule has 0 saturated carbocycles. The number of carbonyl (C=O) groups is 3. The second-order valence-electron chi connectivity index (χ2n) is 9.21. The van der Waals surface area contributed by atoms with Gasteiger partial charge in [0.1, 0.15) is 12.6 Å². The molecule has 1 saturated heterocycles. The Morgan fingerprint density at radius 2 is 1.68 bits per heavy atom. The van der Waals surface area contributed by atoms with Gasteiger partial charge in [-0.05, 0) is 41.0 Å². The van der Waals surface area contributed by atoms with Gasteiger partial charge in [0.05, 0.1) is 0 Å². The highest BCUT2D eigenvalue weighted by Gasteiger charge is 2.35. The zero-order chi connectivity index (χ0) is 24.1. The van der Waals surface area contributed by atoms with E-state index in [0.717, 1.165) is 24.0 Å². The number of likely N-dealkylation sites (tertiary alicyclic amines) is 1. The van der Waals surface area contributed by atoms with Crippen molar-refractivity contribution in [3.05, 3.63) is 59.7 Å². The number of aliphatic carboxylic acids is 1. The van der Waals surface area contributed by atoms with Crippen LogP contribution in [0.3, 0.4) is 0 Å². The van der Waals surface area contributed by atoms with Gasteiger partial charge in [-0.2, -0.15) is 0 Å². The summed E-state index contributed by atoms with van der Waals surface area (Å²) in [5.41, 5.74) is 4.61. The summed E-state index contributed by atoms with van der Waals surface area (Å²) >= 11 is 0. The molecule has 7 nitrogen and oxygen atoms in total. The number of fused-ring (bicyclic) bond motifs is 3. The van der Waals surface area contributed by atoms with Crippen molar-refractivity contribution in [1.29, 1.82) is 0 Å². The molecule has 2 N–H and O–H groups in total. The lowest BCUT2D eigenvalue weighted by atomic mass is 9.93. The summed E-state index contributed by atoms with van der Waals surface area (Å²) in [4.78, 5) is 38.1. The standard InChI is InChI=1S/C27H32N2O5/c1-2-3-12-24(26(32)29-15-18(16-29)13-14-25(30)31)28-27(33)34-17-23-21-10-6-4-8-19(21)20-9-5-7-11-22(20)23/h4-11,18,23-24H,2-3,12-17H2,1H3,(H,28,33)(H,30,31)/t24-/m0/s1. The summed E-state index contributed by atoms with van der Waals surface area (Å²) < 4.78 is 5.63. The number of ether oxygens (including phenoxy) is 1. The Morgan fingerprint density at radius 1 is 1.06 bits per heavy atom. The third kappa shape index (κ3) is 5.24. The van der Waals surface area contributed by atoms with Crippen molar-refractivity contribution in [2.24, 2.45) is 5.92 Å². The fraction of sp³-hybridized carbons (Fsp3) is 0.444. The van der Waals surface area contributed by atoms with Crippen molar-refractivity contribution < 1.29 is 24.2 Å². The van der Waals surface area contributed by atoms with Crippen molar-refractivity contribution in [3.63, 3.8) is 0 Å². The minimum absolute atomic E-state index is 0.0340. The second-order valence-corrected chi connectivity index (χ2v) is 9.21. The molecule has 34 heavy (non-hydrogen) atoms. The molecule has 2 aromatic rings. The van der Waals surface area contributed by atoms with Crippen molar-refractivity contribution in [2.75, 3.05) is 19.7 Å². The first-order valence-corrected chi connectivity index (χ1v) is 12.1. The Bertz CT molecular complexity index is 1000. The fourth-order valence-corrected chi connectivity index (χ4v) is 4.93. The smallest absolute Gasteiger partial charge is 0.407 e. The zero-order valence-electron chi connectivity index (χ0n) is 19.5. The van der Waals surface area contributed by atoms with E-state index in [4.69, 9.17) is 9.84 Å². The maximum Gasteiger partial charge on any atom is 0.407 e. The van der Waals surface area contributed by atoms with Gasteiger partial charge in [-0.15, -0.1) is 0 Å². The van der Waals surface area contributed by atoms with E-state index in [9.17, 15) is 14.4 Å². The van der Waals surface area contributed by atoms with Gasteiger partial charge in [0.25, 0.3) is 0 Å². The number of hydrogen-bond acceptors (Lipinski definition) is 4. The maximum absolute atomic E-state index is 13.0. The summed E-state index contributed by atoms with van der Waals surface area (Å²) in [6.07, 6.45) is 2.38. The topological polar surface area (TPSA) is 95.9 Å². The number of unbranched alkanes of at least 4 members (excludes halogenated alkanes) is 1. The highest BCUT2D eigenvalue weighted by Crippen LogP contribution is 2.44. The van der Waals surface area contributed by atoms with Crippen LogP contribution in [0.4, 0.5) is 4.79 Å². The van der Waals surface area contributed by atoms with Gasteiger partial charge in [0.2, 0.25) is 5.91 Å². The lowest BCUT2D eigenvalue weighted by Gasteiger charge is -2.41. The van der Waals surface area contributed by atoms with E-state index in [1.807, 2.05) is 31.2 Å². The third-order valence-electron chi connectivity index (χ3n) is 6.82. The molecule has 2 aromatic carbocycles. The van der Waals surface area contributed by atoms with Gasteiger partial charge in [-0.1, -0.05) is 68.3 Å². The number of amides is 2. The third-order valence-corrected chi connectivity index (χ3v) is 6.82. The number of carboxylic acids is 1. The first-order valence-electron chi connectivity index (χ1n) is 12.1. The van der Waals surface area contributed by atoms with Crippen molar-refractivity contribution in [3.8, 4) is 11.1 Å². The molecule has 0 radical (unpaired) electrons. The molecule has 1 aliphatic heterocycles. The molecule has 0 bridgehead atoms. The lowest BCUT2D eigenvalue weighted by Crippen LogP contribution is -2.57. The molecule has 4 rings (SSSR count). The number of alkyl carbamates (subject to hydrolysis) is 1. The van der Waals surface area contributed by atoms with Gasteiger partial charge < -0.3 is 20.1 Å². The van der Waals surface area contributed by atoms with E-state index < -0.39 is 18.1 Å². The Morgan fingerprint density at radius 3 is 2.26 bits per heavy atom. The van der Waals surface area contributed by atoms with E-state index in [1.54, 1.807) is 4.90 Å². The number of benzene rings is 2. The highest BCUT2D eigenvalue weighted by atomic mass is 16.5. The van der Waals surface area contributed by atoms with Crippen LogP contribution in [0.25, 0.3) is 11.1 Å². The average molecular weight is 465 g/mol. The molecule has 0 aromatic heterocycles. The molecular formula is C27H32N2O5. The van der Waals surface area contributed by atoms with E-state index in [-0.39, 0.29) is 30.8 Å². The molecule has 1 heterocycles. The van der Waals surface area contributed by atoms with Gasteiger partial charge in [-0.25, -0.2) is 4.79 Å². The zero-order valence-corrected chi connectivity index (χ0v) is 19.5. The molecule has 2 amide bonds. The van der Waals surface area contributed by atoms with Crippen LogP contribution in [0.1, 0.15) is 56.1 Å². The lowest BCUT2D eigenvalue weighted by molar-refractivity contribution is -0.141. The largest absolute Gasteiger partial charge is 0.481 e. The van der Waals surface area contributed by atoms with Crippen LogP contribution in [-0.4, -0.2) is 53.7 Å². The Hall–Kier alpha value is -3.35. The van der Waals surface area contributed by atoms with Crippen LogP contribution in [0.5, 0.6) is 0 Å². The van der Waals surface area contributed by atoms with Crippen LogP contribution >= 0.6 is 0 Å². The number of carboxylic acid groups (broad SMARTS) is 1. The Kier molecular flexibility index (Phi) is 7.50. The summed E-state index contributed by atoms with van der Waals surface area (Å²) in [6.45, 7) is 3.33. The van der Waals surface area contributed by atoms with Crippen LogP contribution in [-0.2, 0) is 14.3 Å². The minimum Gasteiger partial charge on any atom is -0.481 e. The normalized spacial score (nSPS) is 15.7. The molecular weight excluding hydrogens is 432 g/mol. The predicted molar refractivity (Wildman–Crippen MR) is 128 cm³/mol. The Balaban J connectivity index is 1.34. The maximum atomic E-state index is 13.0. The van der Waals surface area contributed by atoms with Crippen molar-refractivity contribution in [2.45, 2.75) is 51.0 Å². The number of rotatable bonds is 10. The molecule has 7 heteroatoms. The summed E-state index contributed by atoms with van der Waals surface area (Å²) in [6, 6.07) is 15.7. The second kappa shape index (κ2) is 10.7. The van der Waals surface area contributed by atoms with Crippen LogP contribution in [0, 0.1) is 5.92 Å². The van der Waals surface area contributed by atoms with E-state index in [0.29, 0.717) is 25.9 Å². The molecule has 0 unspecified atom stereocenters. The molecule has 1 fully saturated rings. The van der Waals surface area contributed by atoms with E-state index >= 15 is 0 Å².